The molecule has 4 nitrogen and oxygen atoms in total. The highest BCUT2D eigenvalue weighted by molar-refractivity contribution is 7.99. The molecule has 3 rings (SSSR count). The first-order valence-corrected chi connectivity index (χ1v) is 8.54. The minimum Gasteiger partial charge on any atom is -0.225 e. The first-order chi connectivity index (χ1) is 11.6. The third kappa shape index (κ3) is 3.59. The number of hydrogen-bond acceptors (Lipinski definition) is 5. The summed E-state index contributed by atoms with van der Waals surface area (Å²) < 4.78 is 78.0. The molecule has 0 unspecified atom stereocenters. The minimum absolute atomic E-state index is 0.0800. The smallest absolute Gasteiger partial charge is 0.225 e. The number of alkyl halides is 6. The van der Waals surface area contributed by atoms with Crippen LogP contribution in [0.4, 0.5) is 26.3 Å². The molecule has 3 aromatic rings. The van der Waals surface area contributed by atoms with Gasteiger partial charge in [-0.05, 0) is 17.9 Å². The third-order valence-corrected chi connectivity index (χ3v) is 5.07. The van der Waals surface area contributed by atoms with Gasteiger partial charge in [0.05, 0.1) is 5.56 Å². The number of halogens is 6. The second-order valence-corrected chi connectivity index (χ2v) is 6.99. The molecule has 0 aromatic carbocycles. The van der Waals surface area contributed by atoms with Gasteiger partial charge in [-0.15, -0.1) is 28.2 Å². The van der Waals surface area contributed by atoms with Gasteiger partial charge in [0.15, 0.2) is 16.5 Å². The second-order valence-electron chi connectivity index (χ2n) is 4.74. The number of hydrogen-bond donors (Lipinski definition) is 0. The number of thioether (sulfide) groups is 1. The van der Waals surface area contributed by atoms with E-state index in [0.29, 0.717) is 17.1 Å². The Balaban J connectivity index is 2.11. The Hall–Kier alpha value is -1.82. The number of pyridine rings is 1. The molecule has 12 heteroatoms. The maximum Gasteiger partial charge on any atom is 0.443 e. The predicted octanol–water partition coefficient (Wildman–Crippen LogP) is 5.00. The highest BCUT2D eigenvalue weighted by Gasteiger charge is 2.37. The molecule has 0 aliphatic rings. The molecule has 0 aliphatic carbocycles. The minimum atomic E-state index is -4.62. The van der Waals surface area contributed by atoms with Crippen molar-refractivity contribution in [3.05, 3.63) is 28.9 Å². The Labute approximate surface area is 144 Å². The summed E-state index contributed by atoms with van der Waals surface area (Å²) in [5, 5.41) is 3.03. The van der Waals surface area contributed by atoms with Crippen molar-refractivity contribution in [2.75, 3.05) is 5.75 Å². The van der Waals surface area contributed by atoms with Crippen LogP contribution in [-0.4, -0.2) is 25.3 Å². The molecule has 0 radical (unpaired) electrons. The molecule has 0 atom stereocenters. The summed E-state index contributed by atoms with van der Waals surface area (Å²) >= 11 is 1.45. The quantitative estimate of drug-likeness (QED) is 0.460. The van der Waals surface area contributed by atoms with Crippen LogP contribution in [0.15, 0.2) is 23.4 Å². The van der Waals surface area contributed by atoms with E-state index in [2.05, 4.69) is 15.1 Å². The Morgan fingerprint density at radius 3 is 2.44 bits per heavy atom. The van der Waals surface area contributed by atoms with Crippen LogP contribution in [-0.2, 0) is 12.4 Å². The van der Waals surface area contributed by atoms with Gasteiger partial charge in [-0.3, -0.25) is 0 Å². The number of thiazole rings is 1. The maximum atomic E-state index is 12.9. The molecular weight excluding hydrogens is 390 g/mol. The zero-order chi connectivity index (χ0) is 18.4. The van der Waals surface area contributed by atoms with Gasteiger partial charge in [-0.25, -0.2) is 14.5 Å². The van der Waals surface area contributed by atoms with Crippen molar-refractivity contribution in [3.63, 3.8) is 0 Å². The zero-order valence-corrected chi connectivity index (χ0v) is 13.9. The Morgan fingerprint density at radius 2 is 1.84 bits per heavy atom. The van der Waals surface area contributed by atoms with E-state index in [0.717, 1.165) is 34.6 Å². The molecule has 0 aliphatic heterocycles. The van der Waals surface area contributed by atoms with Crippen molar-refractivity contribution in [2.24, 2.45) is 0 Å². The highest BCUT2D eigenvalue weighted by atomic mass is 32.2. The second kappa shape index (κ2) is 6.16. The van der Waals surface area contributed by atoms with Crippen molar-refractivity contribution in [3.8, 4) is 10.7 Å². The molecule has 0 fully saturated rings. The van der Waals surface area contributed by atoms with E-state index >= 15 is 0 Å². The SMILES string of the molecule is CCSc1nc(C(F)(F)F)sc1-c1nc2cc(C(F)(F)F)ccn2n1. The fourth-order valence-electron chi connectivity index (χ4n) is 1.96. The summed E-state index contributed by atoms with van der Waals surface area (Å²) in [7, 11) is 0. The van der Waals surface area contributed by atoms with Gasteiger partial charge in [-0.2, -0.15) is 26.3 Å². The van der Waals surface area contributed by atoms with Gasteiger partial charge in [-0.1, -0.05) is 6.92 Å². The molecule has 0 N–H and O–H groups in total. The number of rotatable bonds is 3. The van der Waals surface area contributed by atoms with E-state index < -0.39 is 22.9 Å². The third-order valence-electron chi connectivity index (χ3n) is 2.99. The van der Waals surface area contributed by atoms with Crippen molar-refractivity contribution < 1.29 is 26.3 Å². The van der Waals surface area contributed by atoms with Gasteiger partial charge >= 0.3 is 12.4 Å². The van der Waals surface area contributed by atoms with Crippen LogP contribution >= 0.6 is 23.1 Å². The average Bonchev–Trinajstić information content (AvgIpc) is 3.08. The number of fused-ring (bicyclic) bond motifs is 1. The van der Waals surface area contributed by atoms with Gasteiger partial charge in [0.2, 0.25) is 0 Å². The van der Waals surface area contributed by atoms with E-state index in [4.69, 9.17) is 0 Å². The molecule has 25 heavy (non-hydrogen) atoms. The van der Waals surface area contributed by atoms with Crippen molar-refractivity contribution in [1.29, 1.82) is 0 Å². The van der Waals surface area contributed by atoms with E-state index in [1.807, 2.05) is 0 Å². The highest BCUT2D eigenvalue weighted by Crippen LogP contribution is 2.41. The van der Waals surface area contributed by atoms with Crippen molar-refractivity contribution in [1.82, 2.24) is 19.6 Å². The summed E-state index contributed by atoms with van der Waals surface area (Å²) in [5.41, 5.74) is -1.03. The molecule has 0 bridgehead atoms. The van der Waals surface area contributed by atoms with Gasteiger partial charge in [0.1, 0.15) is 9.90 Å². The lowest BCUT2D eigenvalue weighted by atomic mass is 10.2. The van der Waals surface area contributed by atoms with E-state index in [9.17, 15) is 26.3 Å². The van der Waals surface area contributed by atoms with Crippen molar-refractivity contribution in [2.45, 2.75) is 24.3 Å². The van der Waals surface area contributed by atoms with Gasteiger partial charge in [0.25, 0.3) is 0 Å². The topological polar surface area (TPSA) is 43.1 Å². The summed E-state index contributed by atoms with van der Waals surface area (Å²) in [6, 6.07) is 1.61. The lowest BCUT2D eigenvalue weighted by molar-refractivity contribution is -0.138. The Kier molecular flexibility index (Phi) is 4.43. The van der Waals surface area contributed by atoms with Crippen LogP contribution in [0.2, 0.25) is 0 Å². The summed E-state index contributed by atoms with van der Waals surface area (Å²) in [5.74, 6) is 0.378. The van der Waals surface area contributed by atoms with E-state index in [-0.39, 0.29) is 21.4 Å². The Bertz CT molecular complexity index is 912. The molecule has 134 valence electrons. The lowest BCUT2D eigenvalue weighted by Gasteiger charge is -2.05. The first-order valence-electron chi connectivity index (χ1n) is 6.74. The van der Waals surface area contributed by atoms with Gasteiger partial charge < -0.3 is 0 Å². The standard InChI is InChI=1S/C13H8F6N4S2/c1-2-24-10-8(25-11(21-10)13(17,18)19)9-20-7-5-6(12(14,15)16)3-4-23(7)22-9/h3-5H,2H2,1H3. The van der Waals surface area contributed by atoms with E-state index in [1.54, 1.807) is 6.92 Å². The lowest BCUT2D eigenvalue weighted by Crippen LogP contribution is -2.05. The maximum absolute atomic E-state index is 12.9. The van der Waals surface area contributed by atoms with Crippen LogP contribution in [0.5, 0.6) is 0 Å². The molecule has 0 spiro atoms. The monoisotopic (exact) mass is 398 g/mol. The van der Waals surface area contributed by atoms with Crippen LogP contribution in [0.25, 0.3) is 16.3 Å². The average molecular weight is 398 g/mol. The molecule has 3 heterocycles. The summed E-state index contributed by atoms with van der Waals surface area (Å²) in [6.07, 6.45) is -8.10. The first kappa shape index (κ1) is 18.0. The molecule has 3 aromatic heterocycles. The van der Waals surface area contributed by atoms with Crippen LogP contribution in [0.1, 0.15) is 17.5 Å². The fraction of sp³-hybridized carbons (Fsp3) is 0.308. The van der Waals surface area contributed by atoms with Crippen molar-refractivity contribution >= 4 is 28.7 Å². The zero-order valence-electron chi connectivity index (χ0n) is 12.3. The predicted molar refractivity (Wildman–Crippen MR) is 80.5 cm³/mol. The normalized spacial score (nSPS) is 12.9. The van der Waals surface area contributed by atoms with Crippen LogP contribution < -0.4 is 0 Å². The van der Waals surface area contributed by atoms with Gasteiger partial charge in [0, 0.05) is 6.20 Å². The fourth-order valence-corrected chi connectivity index (χ4v) is 3.73. The Morgan fingerprint density at radius 1 is 1.12 bits per heavy atom. The molecular formula is C13H8F6N4S2. The summed E-state index contributed by atoms with van der Waals surface area (Å²) in [6.45, 7) is 1.74. The molecule has 0 saturated heterocycles. The molecule has 0 saturated carbocycles. The largest absolute Gasteiger partial charge is 0.443 e. The number of nitrogens with zero attached hydrogens (tertiary/aromatic N) is 4. The number of aromatic nitrogens is 4. The van der Waals surface area contributed by atoms with Crippen LogP contribution in [0, 0.1) is 0 Å². The van der Waals surface area contributed by atoms with Crippen LogP contribution in [0.3, 0.4) is 0 Å². The molecule has 0 amide bonds. The van der Waals surface area contributed by atoms with E-state index in [1.165, 1.54) is 0 Å². The summed E-state index contributed by atoms with van der Waals surface area (Å²) in [4.78, 5) is 7.58.